The Morgan fingerprint density at radius 3 is 2.12 bits per heavy atom. The Balaban J connectivity index is 1.41. The lowest BCUT2D eigenvalue weighted by molar-refractivity contribution is -0.198. The van der Waals surface area contributed by atoms with Crippen LogP contribution in [0.1, 0.15) is 53.0 Å². The summed E-state index contributed by atoms with van der Waals surface area (Å²) in [4.78, 5) is 0. The predicted molar refractivity (Wildman–Crippen MR) is 153 cm³/mol. The molecule has 4 aromatic carbocycles. The normalized spacial score (nSPS) is 23.9. The lowest BCUT2D eigenvalue weighted by Gasteiger charge is -2.55. The zero-order valence-corrected chi connectivity index (χ0v) is 22.2. The van der Waals surface area contributed by atoms with E-state index in [-0.39, 0.29) is 46.5 Å². The van der Waals surface area contributed by atoms with Crippen LogP contribution in [0, 0.1) is 5.92 Å². The lowest BCUT2D eigenvalue weighted by Crippen LogP contribution is -2.56. The van der Waals surface area contributed by atoms with Gasteiger partial charge < -0.3 is 35.0 Å². The number of ether oxygens (including phenoxy) is 2. The Labute approximate surface area is 236 Å². The molecule has 41 heavy (non-hydrogen) atoms. The maximum absolute atomic E-state index is 11.1. The van der Waals surface area contributed by atoms with E-state index >= 15 is 0 Å². The summed E-state index contributed by atoms with van der Waals surface area (Å²) in [7, 11) is 0. The summed E-state index contributed by atoms with van der Waals surface area (Å²) in [6.07, 6.45) is 6.60. The van der Waals surface area contributed by atoms with E-state index in [9.17, 15) is 25.5 Å². The lowest BCUT2D eigenvalue weighted by atomic mass is 9.61. The first-order valence-electron chi connectivity index (χ1n) is 13.5. The Morgan fingerprint density at radius 1 is 0.707 bits per heavy atom. The fraction of sp³-hybridized carbons (Fsp3) is 0.176. The third kappa shape index (κ3) is 3.96. The van der Waals surface area contributed by atoms with E-state index in [0.717, 1.165) is 23.1 Å². The average molecular weight is 549 g/mol. The molecule has 0 saturated heterocycles. The van der Waals surface area contributed by atoms with Crippen molar-refractivity contribution in [2.45, 2.75) is 31.0 Å². The second-order valence-corrected chi connectivity index (χ2v) is 11.0. The van der Waals surface area contributed by atoms with Crippen molar-refractivity contribution < 1.29 is 35.0 Å². The van der Waals surface area contributed by atoms with Crippen LogP contribution in [0.2, 0.25) is 0 Å². The molecule has 7 nitrogen and oxygen atoms in total. The fourth-order valence-corrected chi connectivity index (χ4v) is 6.67. The summed E-state index contributed by atoms with van der Waals surface area (Å²) < 4.78 is 13.5. The van der Waals surface area contributed by atoms with Gasteiger partial charge in [0.05, 0.1) is 11.5 Å². The molecule has 0 saturated carbocycles. The maximum atomic E-state index is 11.1. The molecule has 7 rings (SSSR count). The molecule has 0 spiro atoms. The number of phenols is 5. The van der Waals surface area contributed by atoms with Crippen molar-refractivity contribution in [1.82, 2.24) is 0 Å². The quantitative estimate of drug-likeness (QED) is 0.140. The Bertz CT molecular complexity index is 1770. The van der Waals surface area contributed by atoms with Gasteiger partial charge in [-0.05, 0) is 60.9 Å². The molecule has 2 heterocycles. The second-order valence-electron chi connectivity index (χ2n) is 11.0. The highest BCUT2D eigenvalue weighted by Gasteiger charge is 2.61. The van der Waals surface area contributed by atoms with Gasteiger partial charge >= 0.3 is 0 Å². The molecule has 3 aliphatic rings. The standard InChI is InChI=1S/C34H28O7/c1-18-12-26-24-9-3-19(2-4-20-5-6-21(35)15-29(20)38)14-31(24)40-34(28-11-8-22(36)16-30(28)39)33(26)27(13-18)25-10-7-23(37)17-32(25)41-34/h2-12,14-17,26-27,33,35-39H,13H2,1H3/t26-,27-,33-,34+/m0/s1. The topological polar surface area (TPSA) is 120 Å². The summed E-state index contributed by atoms with van der Waals surface area (Å²) >= 11 is 0. The first-order chi connectivity index (χ1) is 19.7. The van der Waals surface area contributed by atoms with Crippen molar-refractivity contribution in [3.63, 3.8) is 0 Å². The van der Waals surface area contributed by atoms with Gasteiger partial charge in [-0.25, -0.2) is 0 Å². The molecule has 206 valence electrons. The van der Waals surface area contributed by atoms with E-state index in [1.54, 1.807) is 30.3 Å². The fourth-order valence-electron chi connectivity index (χ4n) is 6.67. The summed E-state index contributed by atoms with van der Waals surface area (Å²) in [6.45, 7) is 2.11. The molecule has 2 aliphatic heterocycles. The van der Waals surface area contributed by atoms with E-state index in [2.05, 4.69) is 13.0 Å². The largest absolute Gasteiger partial charge is 0.508 e. The highest BCUT2D eigenvalue weighted by molar-refractivity contribution is 5.74. The first-order valence-corrected chi connectivity index (χ1v) is 13.5. The number of allylic oxidation sites excluding steroid dienone is 2. The molecule has 7 heteroatoms. The van der Waals surface area contributed by atoms with E-state index in [1.807, 2.05) is 30.3 Å². The van der Waals surface area contributed by atoms with Crippen LogP contribution < -0.4 is 9.47 Å². The number of rotatable bonds is 3. The smallest absolute Gasteiger partial charge is 0.285 e. The van der Waals surface area contributed by atoms with Crippen LogP contribution in [0.5, 0.6) is 40.2 Å². The molecule has 5 N–H and O–H groups in total. The van der Waals surface area contributed by atoms with Gasteiger partial charge in [-0.15, -0.1) is 0 Å². The van der Waals surface area contributed by atoms with Crippen molar-refractivity contribution in [2.24, 2.45) is 5.92 Å². The molecule has 4 aromatic rings. The monoisotopic (exact) mass is 548 g/mol. The minimum atomic E-state index is -1.45. The Morgan fingerprint density at radius 2 is 1.37 bits per heavy atom. The van der Waals surface area contributed by atoms with E-state index in [1.165, 1.54) is 29.8 Å². The molecule has 0 bridgehead atoms. The minimum Gasteiger partial charge on any atom is -0.508 e. The highest BCUT2D eigenvalue weighted by atomic mass is 16.7. The summed E-state index contributed by atoms with van der Waals surface area (Å²) in [5.74, 6) is -0.991. The molecular formula is C34H28O7. The van der Waals surface area contributed by atoms with Gasteiger partial charge in [0, 0.05) is 41.2 Å². The van der Waals surface area contributed by atoms with E-state index < -0.39 is 5.79 Å². The number of phenolic OH excluding ortho intramolecular Hbond substituents is 5. The molecular weight excluding hydrogens is 520 g/mol. The van der Waals surface area contributed by atoms with Crippen LogP contribution >= 0.6 is 0 Å². The van der Waals surface area contributed by atoms with Crippen molar-refractivity contribution in [3.8, 4) is 40.2 Å². The molecule has 1 aliphatic carbocycles. The summed E-state index contributed by atoms with van der Waals surface area (Å²) in [6, 6.07) is 19.9. The van der Waals surface area contributed by atoms with Gasteiger partial charge in [0.2, 0.25) is 0 Å². The second kappa shape index (κ2) is 8.99. The maximum Gasteiger partial charge on any atom is 0.285 e. The van der Waals surface area contributed by atoms with Crippen molar-refractivity contribution in [3.05, 3.63) is 112 Å². The van der Waals surface area contributed by atoms with Crippen LogP contribution in [-0.2, 0) is 5.79 Å². The minimum absolute atomic E-state index is 0.0179. The third-order valence-electron chi connectivity index (χ3n) is 8.41. The number of benzene rings is 4. The van der Waals surface area contributed by atoms with Crippen LogP contribution in [0.3, 0.4) is 0 Å². The molecule has 0 aromatic heterocycles. The summed E-state index contributed by atoms with van der Waals surface area (Å²) in [5, 5.41) is 51.3. The Kier molecular flexibility index (Phi) is 5.47. The number of hydrogen-bond acceptors (Lipinski definition) is 7. The Hall–Kier alpha value is -5.04. The molecule has 0 radical (unpaired) electrons. The zero-order chi connectivity index (χ0) is 28.5. The van der Waals surface area contributed by atoms with Crippen LogP contribution in [0.4, 0.5) is 0 Å². The average Bonchev–Trinajstić information content (AvgIpc) is 2.92. The zero-order valence-electron chi connectivity index (χ0n) is 22.2. The van der Waals surface area contributed by atoms with Gasteiger partial charge in [-0.3, -0.25) is 0 Å². The van der Waals surface area contributed by atoms with Gasteiger partial charge in [-0.1, -0.05) is 42.0 Å². The summed E-state index contributed by atoms with van der Waals surface area (Å²) in [5.41, 5.74) is 4.93. The SMILES string of the molecule is CC1=C[C@H]2c3ccc(C=Cc4ccc(O)cc4O)cc3O[C@]3(c4ccc(O)cc4O)Oc4cc(O)ccc4[C@H](C1)[C@H]23. The van der Waals surface area contributed by atoms with Crippen LogP contribution in [0.15, 0.2) is 84.4 Å². The first kappa shape index (κ1) is 25.0. The number of fused-ring (bicyclic) bond motifs is 4. The van der Waals surface area contributed by atoms with Crippen LogP contribution in [0.25, 0.3) is 12.2 Å². The predicted octanol–water partition coefficient (Wildman–Crippen LogP) is 6.86. The van der Waals surface area contributed by atoms with Crippen molar-refractivity contribution in [2.75, 3.05) is 0 Å². The van der Waals surface area contributed by atoms with E-state index in [0.29, 0.717) is 22.6 Å². The van der Waals surface area contributed by atoms with Crippen molar-refractivity contribution >= 4 is 12.2 Å². The van der Waals surface area contributed by atoms with Gasteiger partial charge in [-0.2, -0.15) is 0 Å². The van der Waals surface area contributed by atoms with Gasteiger partial charge in [0.25, 0.3) is 5.79 Å². The number of aromatic hydroxyl groups is 5. The molecule has 0 amide bonds. The van der Waals surface area contributed by atoms with Gasteiger partial charge in [0.1, 0.15) is 40.2 Å². The van der Waals surface area contributed by atoms with Crippen molar-refractivity contribution in [1.29, 1.82) is 0 Å². The number of hydrogen-bond donors (Lipinski definition) is 5. The molecule has 0 fully saturated rings. The highest BCUT2D eigenvalue weighted by Crippen LogP contribution is 2.64. The van der Waals surface area contributed by atoms with Gasteiger partial charge in [0.15, 0.2) is 0 Å². The molecule has 4 atom stereocenters. The van der Waals surface area contributed by atoms with Crippen LogP contribution in [-0.4, -0.2) is 25.5 Å². The third-order valence-corrected chi connectivity index (χ3v) is 8.41. The van der Waals surface area contributed by atoms with E-state index in [4.69, 9.17) is 9.47 Å². The molecule has 0 unspecified atom stereocenters.